The number of nitrogens with one attached hydrogen (secondary N) is 2. The van der Waals surface area contributed by atoms with Crippen molar-refractivity contribution < 1.29 is 38.3 Å². The molecule has 0 radical (unpaired) electrons. The number of hydrogen-bond acceptors (Lipinski definition) is 8. The molecule has 0 fully saturated rings. The molecule has 204 valence electrons. The van der Waals surface area contributed by atoms with Crippen molar-refractivity contribution in [3.05, 3.63) is 54.1 Å². The van der Waals surface area contributed by atoms with Crippen LogP contribution in [-0.2, 0) is 28.8 Å². The maximum atomic E-state index is 13.7. The second-order valence-corrected chi connectivity index (χ2v) is 8.84. The lowest BCUT2D eigenvalue weighted by molar-refractivity contribution is -0.128. The molecular weight excluding hydrogens is 508 g/mol. The van der Waals surface area contributed by atoms with Crippen LogP contribution in [0.25, 0.3) is 0 Å². The van der Waals surface area contributed by atoms with E-state index in [0.717, 1.165) is 4.90 Å². The Morgan fingerprint density at radius 2 is 1.67 bits per heavy atom. The molecule has 4 amide bonds. The molecule has 2 aromatic rings. The summed E-state index contributed by atoms with van der Waals surface area (Å²) in [6.07, 6.45) is 0.201. The highest BCUT2D eigenvalue weighted by Crippen LogP contribution is 2.32. The van der Waals surface area contributed by atoms with Gasteiger partial charge < -0.3 is 25.1 Å². The number of ketones is 2. The number of anilines is 2. The molecule has 12 heteroatoms. The van der Waals surface area contributed by atoms with E-state index in [1.54, 1.807) is 18.2 Å². The molecule has 0 saturated heterocycles. The summed E-state index contributed by atoms with van der Waals surface area (Å²) < 4.78 is 5.05. The summed E-state index contributed by atoms with van der Waals surface area (Å²) in [4.78, 5) is 89.7. The minimum Gasteiger partial charge on any atom is -0.497 e. The molecule has 0 saturated carbocycles. The fraction of sp³-hybridized carbons (Fsp3) is 0.296. The van der Waals surface area contributed by atoms with Gasteiger partial charge in [0.2, 0.25) is 17.6 Å². The van der Waals surface area contributed by atoms with E-state index in [-0.39, 0.29) is 30.0 Å². The fourth-order valence-electron chi connectivity index (χ4n) is 4.09. The third kappa shape index (κ3) is 6.92. The summed E-state index contributed by atoms with van der Waals surface area (Å²) >= 11 is 0. The normalized spacial score (nSPS) is 15.4. The lowest BCUT2D eigenvalue weighted by Gasteiger charge is -2.25. The van der Waals surface area contributed by atoms with Gasteiger partial charge >= 0.3 is 0 Å². The first-order chi connectivity index (χ1) is 18.5. The minimum absolute atomic E-state index is 0.0580. The van der Waals surface area contributed by atoms with Crippen LogP contribution in [0.4, 0.5) is 11.4 Å². The monoisotopic (exact) mass is 536 g/mol. The van der Waals surface area contributed by atoms with Gasteiger partial charge in [-0.3, -0.25) is 33.7 Å². The number of para-hydroxylation sites is 2. The van der Waals surface area contributed by atoms with Crippen molar-refractivity contribution in [2.24, 2.45) is 0 Å². The first-order valence-corrected chi connectivity index (χ1v) is 12.0. The van der Waals surface area contributed by atoms with Gasteiger partial charge in [-0.15, -0.1) is 0 Å². The van der Waals surface area contributed by atoms with Crippen molar-refractivity contribution in [1.82, 2.24) is 10.6 Å². The van der Waals surface area contributed by atoms with E-state index in [9.17, 15) is 33.6 Å². The summed E-state index contributed by atoms with van der Waals surface area (Å²) in [5.41, 5.74) is 0.572. The lowest BCUT2D eigenvalue weighted by Crippen LogP contribution is -2.55. The molecule has 2 atom stereocenters. The minimum atomic E-state index is -1.39. The van der Waals surface area contributed by atoms with Gasteiger partial charge in [0.1, 0.15) is 30.4 Å². The van der Waals surface area contributed by atoms with Gasteiger partial charge in [0.15, 0.2) is 0 Å². The molecule has 39 heavy (non-hydrogen) atoms. The number of carbonyl (C=O) groups is 7. The fourth-order valence-corrected chi connectivity index (χ4v) is 4.09. The molecule has 0 aromatic heterocycles. The van der Waals surface area contributed by atoms with Crippen LogP contribution in [0.5, 0.6) is 5.75 Å². The topological polar surface area (TPSA) is 159 Å². The quantitative estimate of drug-likeness (QED) is 0.251. The molecule has 0 spiro atoms. The van der Waals surface area contributed by atoms with E-state index < -0.39 is 48.0 Å². The third-order valence-corrected chi connectivity index (χ3v) is 5.96. The molecule has 2 aromatic carbocycles. The van der Waals surface area contributed by atoms with Crippen LogP contribution < -0.4 is 25.2 Å². The van der Waals surface area contributed by atoms with Crippen LogP contribution in [0.1, 0.15) is 30.6 Å². The molecular formula is C27H28N4O8. The van der Waals surface area contributed by atoms with E-state index in [2.05, 4.69) is 10.6 Å². The average molecular weight is 537 g/mol. The van der Waals surface area contributed by atoms with Crippen LogP contribution >= 0.6 is 0 Å². The van der Waals surface area contributed by atoms with Gasteiger partial charge in [-0.05, 0) is 43.3 Å². The largest absolute Gasteiger partial charge is 0.497 e. The van der Waals surface area contributed by atoms with E-state index in [1.807, 2.05) is 0 Å². The molecule has 0 unspecified atom stereocenters. The standard InChI is InChI=1S/C27H28N4O8/c1-16(33)12-19(15-32)28-24(35)14-31-23-7-5-4-6-22(23)30(17(2)34)13-21(27(31)38)29-26(37)25(36)18-8-10-20(39-3)11-9-18/h4-11,15,19,21H,12-14H2,1-3H3,(H,28,35)(H,29,37)/t19-,21-/m0/s1. The zero-order valence-electron chi connectivity index (χ0n) is 21.6. The number of methoxy groups -OCH3 is 1. The summed E-state index contributed by atoms with van der Waals surface area (Å²) in [6.45, 7) is 1.67. The Kier molecular flexibility index (Phi) is 9.26. The first-order valence-electron chi connectivity index (χ1n) is 12.0. The number of hydrogen-bond donors (Lipinski definition) is 2. The van der Waals surface area contributed by atoms with Crippen LogP contribution in [0, 0.1) is 0 Å². The zero-order valence-corrected chi connectivity index (χ0v) is 21.6. The number of ether oxygens (including phenoxy) is 1. The van der Waals surface area contributed by atoms with Crippen molar-refractivity contribution in [1.29, 1.82) is 0 Å². The zero-order chi connectivity index (χ0) is 28.7. The highest BCUT2D eigenvalue weighted by atomic mass is 16.5. The number of benzene rings is 2. The van der Waals surface area contributed by atoms with E-state index in [1.165, 1.54) is 56.2 Å². The second-order valence-electron chi connectivity index (χ2n) is 8.84. The number of amides is 4. The summed E-state index contributed by atoms with van der Waals surface area (Å²) in [5, 5.41) is 4.80. The Morgan fingerprint density at radius 3 is 2.23 bits per heavy atom. The molecule has 1 aliphatic heterocycles. The van der Waals surface area contributed by atoms with Gasteiger partial charge in [0.05, 0.1) is 31.1 Å². The van der Waals surface area contributed by atoms with Crippen molar-refractivity contribution >= 4 is 52.9 Å². The molecule has 1 heterocycles. The predicted octanol–water partition coefficient (Wildman–Crippen LogP) is 0.425. The average Bonchev–Trinajstić information content (AvgIpc) is 3.02. The SMILES string of the molecule is COc1ccc(C(=O)C(=O)N[C@H]2CN(C(C)=O)c3ccccc3N(CC(=O)N[C@H](C=O)CC(C)=O)C2=O)cc1. The number of aldehydes is 1. The van der Waals surface area contributed by atoms with E-state index in [0.29, 0.717) is 17.7 Å². The van der Waals surface area contributed by atoms with Crippen molar-refractivity contribution in [3.63, 3.8) is 0 Å². The van der Waals surface area contributed by atoms with Crippen molar-refractivity contribution in [3.8, 4) is 5.75 Å². The number of Topliss-reactive ketones (excluding diaryl/α,β-unsaturated/α-hetero) is 2. The highest BCUT2D eigenvalue weighted by Gasteiger charge is 2.37. The Hall–Kier alpha value is -4.87. The molecule has 2 N–H and O–H groups in total. The number of nitrogens with zero attached hydrogens (tertiary/aromatic N) is 2. The van der Waals surface area contributed by atoms with Crippen molar-refractivity contribution in [2.45, 2.75) is 32.4 Å². The van der Waals surface area contributed by atoms with Gasteiger partial charge in [-0.25, -0.2) is 0 Å². The predicted molar refractivity (Wildman–Crippen MR) is 139 cm³/mol. The van der Waals surface area contributed by atoms with E-state index >= 15 is 0 Å². The number of carbonyl (C=O) groups excluding carboxylic acids is 7. The number of fused-ring (bicyclic) bond motifs is 1. The maximum absolute atomic E-state index is 13.7. The Labute approximate surface area is 224 Å². The Morgan fingerprint density at radius 1 is 1.03 bits per heavy atom. The summed E-state index contributed by atoms with van der Waals surface area (Å²) in [7, 11) is 1.45. The van der Waals surface area contributed by atoms with Crippen LogP contribution in [0.15, 0.2) is 48.5 Å². The molecule has 12 nitrogen and oxygen atoms in total. The maximum Gasteiger partial charge on any atom is 0.293 e. The summed E-state index contributed by atoms with van der Waals surface area (Å²) in [5.74, 6) is -3.77. The smallest absolute Gasteiger partial charge is 0.293 e. The Balaban J connectivity index is 1.91. The van der Waals surface area contributed by atoms with Crippen LogP contribution in [0.3, 0.4) is 0 Å². The molecule has 3 rings (SSSR count). The van der Waals surface area contributed by atoms with E-state index in [4.69, 9.17) is 4.74 Å². The molecule has 0 aliphatic carbocycles. The summed E-state index contributed by atoms with van der Waals surface area (Å²) in [6, 6.07) is 9.67. The number of rotatable bonds is 10. The van der Waals surface area contributed by atoms with Gasteiger partial charge in [0.25, 0.3) is 11.8 Å². The van der Waals surface area contributed by atoms with Gasteiger partial charge in [-0.1, -0.05) is 12.1 Å². The van der Waals surface area contributed by atoms with Gasteiger partial charge in [-0.2, -0.15) is 0 Å². The molecule has 0 bridgehead atoms. The van der Waals surface area contributed by atoms with Crippen molar-refractivity contribution in [2.75, 3.05) is 30.0 Å². The lowest BCUT2D eigenvalue weighted by atomic mass is 10.1. The Bertz CT molecular complexity index is 1310. The molecule has 1 aliphatic rings. The third-order valence-electron chi connectivity index (χ3n) is 5.96. The second kappa shape index (κ2) is 12.6. The van der Waals surface area contributed by atoms with Gasteiger partial charge in [0, 0.05) is 18.9 Å². The first kappa shape index (κ1) is 28.7. The van der Waals surface area contributed by atoms with Crippen LogP contribution in [-0.4, -0.2) is 73.8 Å². The van der Waals surface area contributed by atoms with Crippen LogP contribution in [0.2, 0.25) is 0 Å². The highest BCUT2D eigenvalue weighted by molar-refractivity contribution is 6.43.